The number of benzene rings is 1. The second kappa shape index (κ2) is 3.57. The van der Waals surface area contributed by atoms with Crippen LogP contribution >= 0.6 is 0 Å². The number of aromatic nitrogens is 2. The van der Waals surface area contributed by atoms with Gasteiger partial charge in [0.2, 0.25) is 0 Å². The normalized spacial score (nSPS) is 11.2. The Kier molecular flexibility index (Phi) is 2.13. The average molecular weight is 240 g/mol. The third-order valence-electron chi connectivity index (χ3n) is 3.16. The minimum absolute atomic E-state index is 0.422. The largest absolute Gasteiger partial charge is 0.425 e. The van der Waals surface area contributed by atoms with Gasteiger partial charge in [0.1, 0.15) is 0 Å². The number of rotatable bonds is 0. The molecule has 0 unspecified atom stereocenters. The van der Waals surface area contributed by atoms with Crippen LogP contribution in [0.3, 0.4) is 0 Å². The number of hydrogen-bond acceptors (Lipinski definition) is 3. The summed E-state index contributed by atoms with van der Waals surface area (Å²) in [5, 5.41) is 12.1. The van der Waals surface area contributed by atoms with Gasteiger partial charge in [-0.3, -0.25) is 9.78 Å². The molecule has 0 aliphatic rings. The van der Waals surface area contributed by atoms with Gasteiger partial charge in [-0.25, -0.2) is 0 Å². The number of nitrogens with zero attached hydrogens (tertiary/aromatic N) is 2. The third kappa shape index (κ3) is 1.32. The van der Waals surface area contributed by atoms with Gasteiger partial charge in [-0.15, -0.1) is 4.73 Å². The number of aryl methyl sites for hydroxylation is 2. The molecule has 1 aromatic carbocycles. The van der Waals surface area contributed by atoms with E-state index in [4.69, 9.17) is 0 Å². The van der Waals surface area contributed by atoms with Crippen LogP contribution in [0.2, 0.25) is 0 Å². The molecule has 2 heterocycles. The number of pyridine rings is 2. The average Bonchev–Trinajstić information content (AvgIpc) is 2.35. The lowest BCUT2D eigenvalue weighted by atomic mass is 10.1. The predicted octanol–water partition coefficient (Wildman–Crippen LogP) is 2.40. The van der Waals surface area contributed by atoms with Gasteiger partial charge in [0.25, 0.3) is 5.56 Å². The van der Waals surface area contributed by atoms with E-state index in [-0.39, 0.29) is 0 Å². The molecule has 2 aromatic heterocycles. The van der Waals surface area contributed by atoms with E-state index in [1.54, 1.807) is 19.1 Å². The summed E-state index contributed by atoms with van der Waals surface area (Å²) in [6, 6.07) is 9.18. The molecule has 0 fully saturated rings. The van der Waals surface area contributed by atoms with E-state index < -0.39 is 5.56 Å². The molecule has 1 N–H and O–H groups in total. The van der Waals surface area contributed by atoms with Crippen molar-refractivity contribution in [2.24, 2.45) is 0 Å². The highest BCUT2D eigenvalue weighted by molar-refractivity contribution is 6.06. The van der Waals surface area contributed by atoms with Gasteiger partial charge >= 0.3 is 0 Å². The van der Waals surface area contributed by atoms with Crippen LogP contribution in [-0.4, -0.2) is 14.9 Å². The number of para-hydroxylation sites is 1. The Morgan fingerprint density at radius 1 is 1.17 bits per heavy atom. The first-order valence-electron chi connectivity index (χ1n) is 5.70. The second-order valence-corrected chi connectivity index (χ2v) is 4.41. The lowest BCUT2D eigenvalue weighted by molar-refractivity contribution is 0.190. The molecule has 0 saturated carbocycles. The number of hydrogen-bond donors (Lipinski definition) is 1. The Balaban J connectivity index is 2.74. The van der Waals surface area contributed by atoms with Gasteiger partial charge in [-0.05, 0) is 26.0 Å². The SMILES string of the molecule is Cc1cc2c(c(C)n1)c(=O)n(O)c1ccccc21. The molecule has 3 aromatic rings. The van der Waals surface area contributed by atoms with Crippen molar-refractivity contribution in [1.29, 1.82) is 0 Å². The molecule has 0 amide bonds. The van der Waals surface area contributed by atoms with E-state index >= 15 is 0 Å². The quantitative estimate of drug-likeness (QED) is 0.485. The summed E-state index contributed by atoms with van der Waals surface area (Å²) in [4.78, 5) is 16.4. The lowest BCUT2D eigenvalue weighted by Gasteiger charge is -2.09. The molecule has 0 saturated heterocycles. The topological polar surface area (TPSA) is 55.1 Å². The molecular weight excluding hydrogens is 228 g/mol. The Hall–Kier alpha value is -2.36. The van der Waals surface area contributed by atoms with Gasteiger partial charge < -0.3 is 5.21 Å². The first-order valence-corrected chi connectivity index (χ1v) is 5.70. The van der Waals surface area contributed by atoms with Gasteiger partial charge in [0, 0.05) is 16.5 Å². The Bertz CT molecular complexity index is 834. The number of fused-ring (bicyclic) bond motifs is 3. The van der Waals surface area contributed by atoms with Crippen LogP contribution in [0.15, 0.2) is 35.1 Å². The highest BCUT2D eigenvalue weighted by atomic mass is 16.5. The van der Waals surface area contributed by atoms with Crippen molar-refractivity contribution in [1.82, 2.24) is 9.71 Å². The monoisotopic (exact) mass is 240 g/mol. The third-order valence-corrected chi connectivity index (χ3v) is 3.16. The van der Waals surface area contributed by atoms with Crippen molar-refractivity contribution in [2.45, 2.75) is 13.8 Å². The van der Waals surface area contributed by atoms with Crippen LogP contribution in [-0.2, 0) is 0 Å². The fraction of sp³-hybridized carbons (Fsp3) is 0.143. The van der Waals surface area contributed by atoms with Crippen LogP contribution in [0.5, 0.6) is 0 Å². The minimum atomic E-state index is -0.422. The van der Waals surface area contributed by atoms with E-state index in [1.165, 1.54) is 0 Å². The molecule has 0 atom stereocenters. The molecule has 90 valence electrons. The van der Waals surface area contributed by atoms with Crippen molar-refractivity contribution in [2.75, 3.05) is 0 Å². The zero-order valence-corrected chi connectivity index (χ0v) is 10.1. The molecule has 18 heavy (non-hydrogen) atoms. The highest BCUT2D eigenvalue weighted by Gasteiger charge is 2.12. The molecule has 4 nitrogen and oxygen atoms in total. The molecule has 4 heteroatoms. The van der Waals surface area contributed by atoms with Crippen LogP contribution in [0, 0.1) is 13.8 Å². The maximum absolute atomic E-state index is 12.1. The Labute approximate surface area is 103 Å². The summed E-state index contributed by atoms with van der Waals surface area (Å²) in [5.74, 6) is 0. The van der Waals surface area contributed by atoms with Crippen LogP contribution in [0.25, 0.3) is 21.7 Å². The Morgan fingerprint density at radius 2 is 1.89 bits per heavy atom. The van der Waals surface area contributed by atoms with Gasteiger partial charge in [-0.2, -0.15) is 0 Å². The summed E-state index contributed by atoms with van der Waals surface area (Å²) in [6.07, 6.45) is 0. The fourth-order valence-corrected chi connectivity index (χ4v) is 2.41. The van der Waals surface area contributed by atoms with Crippen molar-refractivity contribution >= 4 is 21.7 Å². The van der Waals surface area contributed by atoms with Crippen molar-refractivity contribution in [3.05, 3.63) is 52.1 Å². The lowest BCUT2D eigenvalue weighted by Crippen LogP contribution is -2.19. The molecule has 3 rings (SSSR count). The van der Waals surface area contributed by atoms with E-state index in [1.807, 2.05) is 25.1 Å². The maximum Gasteiger partial charge on any atom is 0.293 e. The van der Waals surface area contributed by atoms with E-state index in [0.29, 0.717) is 21.3 Å². The summed E-state index contributed by atoms with van der Waals surface area (Å²) >= 11 is 0. The molecule has 0 aliphatic carbocycles. The summed E-state index contributed by atoms with van der Waals surface area (Å²) in [6.45, 7) is 3.68. The minimum Gasteiger partial charge on any atom is -0.425 e. The van der Waals surface area contributed by atoms with Gasteiger partial charge in [0.15, 0.2) is 0 Å². The standard InChI is InChI=1S/C14H12N2O2/c1-8-7-11-10-5-3-4-6-12(10)16(18)14(17)13(11)9(2)15-8/h3-7,18H,1-2H3. The summed E-state index contributed by atoms with van der Waals surface area (Å²) in [5.41, 5.74) is 1.59. The van der Waals surface area contributed by atoms with Crippen molar-refractivity contribution in [3.63, 3.8) is 0 Å². The highest BCUT2D eigenvalue weighted by Crippen LogP contribution is 2.23. The zero-order valence-electron chi connectivity index (χ0n) is 10.1. The molecule has 0 aliphatic heterocycles. The van der Waals surface area contributed by atoms with Gasteiger partial charge in [-0.1, -0.05) is 18.2 Å². The van der Waals surface area contributed by atoms with Crippen LogP contribution in [0.4, 0.5) is 0 Å². The van der Waals surface area contributed by atoms with Crippen molar-refractivity contribution < 1.29 is 5.21 Å². The molecule has 0 bridgehead atoms. The maximum atomic E-state index is 12.1. The first kappa shape index (κ1) is 10.8. The van der Waals surface area contributed by atoms with Crippen LogP contribution < -0.4 is 5.56 Å². The molecule has 0 spiro atoms. The van der Waals surface area contributed by atoms with Crippen molar-refractivity contribution in [3.8, 4) is 0 Å². The first-order chi connectivity index (χ1) is 8.59. The van der Waals surface area contributed by atoms with E-state index in [9.17, 15) is 10.0 Å². The fourth-order valence-electron chi connectivity index (χ4n) is 2.41. The van der Waals surface area contributed by atoms with E-state index in [2.05, 4.69) is 4.98 Å². The van der Waals surface area contributed by atoms with Crippen LogP contribution in [0.1, 0.15) is 11.4 Å². The second-order valence-electron chi connectivity index (χ2n) is 4.41. The predicted molar refractivity (Wildman–Crippen MR) is 70.2 cm³/mol. The summed E-state index contributed by atoms with van der Waals surface area (Å²) < 4.78 is 0.696. The molecule has 0 radical (unpaired) electrons. The molecular formula is C14H12N2O2. The van der Waals surface area contributed by atoms with E-state index in [0.717, 1.165) is 16.5 Å². The Morgan fingerprint density at radius 3 is 2.67 bits per heavy atom. The zero-order chi connectivity index (χ0) is 12.9. The van der Waals surface area contributed by atoms with Gasteiger partial charge in [0.05, 0.1) is 16.6 Å². The smallest absolute Gasteiger partial charge is 0.293 e. The summed E-state index contributed by atoms with van der Waals surface area (Å²) in [7, 11) is 0.